The summed E-state index contributed by atoms with van der Waals surface area (Å²) in [5.41, 5.74) is 3.31. The van der Waals surface area contributed by atoms with Gasteiger partial charge in [-0.25, -0.2) is 4.98 Å². The first kappa shape index (κ1) is 22.3. The Hall–Kier alpha value is -2.45. The fraction of sp³-hybridized carbons (Fsp3) is 0.440. The van der Waals surface area contributed by atoms with Crippen molar-refractivity contribution in [3.63, 3.8) is 0 Å². The number of rotatable bonds is 6. The van der Waals surface area contributed by atoms with E-state index in [1.807, 2.05) is 47.5 Å². The maximum absolute atomic E-state index is 12.9. The quantitative estimate of drug-likeness (QED) is 0.558. The first-order chi connectivity index (χ1) is 16.1. The molecule has 2 aliphatic heterocycles. The van der Waals surface area contributed by atoms with Gasteiger partial charge in [-0.05, 0) is 29.8 Å². The van der Waals surface area contributed by atoms with Gasteiger partial charge in [0, 0.05) is 82.9 Å². The van der Waals surface area contributed by atoms with E-state index in [-0.39, 0.29) is 5.91 Å². The first-order valence-corrected chi connectivity index (χ1v) is 12.1. The smallest absolute Gasteiger partial charge is 0.236 e. The summed E-state index contributed by atoms with van der Waals surface area (Å²) in [4.78, 5) is 26.7. The van der Waals surface area contributed by atoms with Crippen molar-refractivity contribution in [2.24, 2.45) is 0 Å². The Morgan fingerprint density at radius 3 is 2.33 bits per heavy atom. The number of carbonyl (C=O) groups excluding carboxylic acids is 1. The molecule has 7 nitrogen and oxygen atoms in total. The monoisotopic (exact) mass is 466 g/mol. The summed E-state index contributed by atoms with van der Waals surface area (Å²) in [5.74, 6) is 0.256. The van der Waals surface area contributed by atoms with Gasteiger partial charge in [0.05, 0.1) is 12.2 Å². The molecule has 174 valence electrons. The highest BCUT2D eigenvalue weighted by Gasteiger charge is 2.25. The third kappa shape index (κ3) is 5.73. The molecule has 0 saturated carbocycles. The number of fused-ring (bicyclic) bond motifs is 1. The van der Waals surface area contributed by atoms with Crippen molar-refractivity contribution in [3.8, 4) is 0 Å². The Bertz CT molecular complexity index is 1050. The van der Waals surface area contributed by atoms with E-state index in [1.54, 1.807) is 0 Å². The normalized spacial score (nSPS) is 18.8. The summed E-state index contributed by atoms with van der Waals surface area (Å²) < 4.78 is 2.07. The van der Waals surface area contributed by atoms with E-state index < -0.39 is 0 Å². The van der Waals surface area contributed by atoms with Crippen LogP contribution in [0.2, 0.25) is 5.02 Å². The number of hydrogen-bond donors (Lipinski definition) is 0. The number of imidazole rings is 1. The zero-order valence-electron chi connectivity index (χ0n) is 18.9. The van der Waals surface area contributed by atoms with Crippen molar-refractivity contribution >= 4 is 23.2 Å². The van der Waals surface area contributed by atoms with Gasteiger partial charge in [0.1, 0.15) is 5.65 Å². The molecule has 33 heavy (non-hydrogen) atoms. The molecule has 0 aliphatic carbocycles. The van der Waals surface area contributed by atoms with Crippen LogP contribution in [0.5, 0.6) is 0 Å². The standard InChI is InChI=1S/C25H31ClN6O/c26-22-5-3-4-21(16-22)17-28-12-14-31(15-13-28)25(33)20-30-10-8-29(9-11-30)18-23-19-32-7-2-1-6-24(32)27-23/h1-7,16,19H,8-15,17-18,20H2. The van der Waals surface area contributed by atoms with Crippen LogP contribution in [-0.4, -0.2) is 93.8 Å². The van der Waals surface area contributed by atoms with Crippen LogP contribution in [0.15, 0.2) is 54.9 Å². The minimum atomic E-state index is 0.256. The van der Waals surface area contributed by atoms with Crippen molar-refractivity contribution in [3.05, 3.63) is 71.1 Å². The number of amides is 1. The second-order valence-electron chi connectivity index (χ2n) is 9.04. The van der Waals surface area contributed by atoms with E-state index >= 15 is 0 Å². The van der Waals surface area contributed by atoms with Gasteiger partial charge in [-0.15, -0.1) is 0 Å². The largest absolute Gasteiger partial charge is 0.339 e. The number of carbonyl (C=O) groups is 1. The summed E-state index contributed by atoms with van der Waals surface area (Å²) in [6.45, 7) is 9.47. The molecule has 0 atom stereocenters. The van der Waals surface area contributed by atoms with Crippen molar-refractivity contribution < 1.29 is 4.79 Å². The fourth-order valence-corrected chi connectivity index (χ4v) is 4.95. The van der Waals surface area contributed by atoms with Crippen molar-refractivity contribution in [1.29, 1.82) is 0 Å². The lowest BCUT2D eigenvalue weighted by Gasteiger charge is -2.38. The predicted molar refractivity (Wildman–Crippen MR) is 130 cm³/mol. The minimum Gasteiger partial charge on any atom is -0.339 e. The fourth-order valence-electron chi connectivity index (χ4n) is 4.74. The number of nitrogens with zero attached hydrogens (tertiary/aromatic N) is 6. The van der Waals surface area contributed by atoms with Gasteiger partial charge in [0.25, 0.3) is 0 Å². The van der Waals surface area contributed by atoms with Crippen LogP contribution in [0.3, 0.4) is 0 Å². The Balaban J connectivity index is 1.04. The molecule has 1 aromatic carbocycles. The van der Waals surface area contributed by atoms with Gasteiger partial charge >= 0.3 is 0 Å². The molecule has 4 heterocycles. The molecule has 1 amide bonds. The topological polar surface area (TPSA) is 47.3 Å². The average molecular weight is 467 g/mol. The zero-order valence-corrected chi connectivity index (χ0v) is 19.7. The summed E-state index contributed by atoms with van der Waals surface area (Å²) in [6, 6.07) is 14.1. The van der Waals surface area contributed by atoms with Crippen LogP contribution in [0.25, 0.3) is 5.65 Å². The molecule has 3 aromatic rings. The van der Waals surface area contributed by atoms with Crippen molar-refractivity contribution in [1.82, 2.24) is 29.0 Å². The lowest BCUT2D eigenvalue weighted by atomic mass is 10.2. The number of benzene rings is 1. The molecule has 2 fully saturated rings. The van der Waals surface area contributed by atoms with Crippen molar-refractivity contribution in [2.45, 2.75) is 13.1 Å². The summed E-state index contributed by atoms with van der Waals surface area (Å²) in [7, 11) is 0. The van der Waals surface area contributed by atoms with Gasteiger partial charge in [-0.3, -0.25) is 19.5 Å². The molecular weight excluding hydrogens is 436 g/mol. The third-order valence-corrected chi connectivity index (χ3v) is 6.88. The first-order valence-electron chi connectivity index (χ1n) is 11.7. The maximum Gasteiger partial charge on any atom is 0.236 e. The van der Waals surface area contributed by atoms with Gasteiger partial charge in [0.15, 0.2) is 0 Å². The molecule has 0 bridgehead atoms. The number of pyridine rings is 1. The molecule has 2 saturated heterocycles. The number of halogens is 1. The van der Waals surface area contributed by atoms with Crippen molar-refractivity contribution in [2.75, 3.05) is 58.9 Å². The number of aromatic nitrogens is 2. The van der Waals surface area contributed by atoms with Crippen LogP contribution >= 0.6 is 11.6 Å². The molecule has 0 radical (unpaired) electrons. The second kappa shape index (κ2) is 10.2. The Labute approximate surface area is 200 Å². The maximum atomic E-state index is 12.9. The van der Waals surface area contributed by atoms with E-state index in [0.29, 0.717) is 6.54 Å². The average Bonchev–Trinajstić information content (AvgIpc) is 3.23. The molecule has 0 spiro atoms. The van der Waals surface area contributed by atoms with Gasteiger partial charge < -0.3 is 9.30 Å². The summed E-state index contributed by atoms with van der Waals surface area (Å²) >= 11 is 6.10. The highest BCUT2D eigenvalue weighted by Crippen LogP contribution is 2.15. The Morgan fingerprint density at radius 1 is 0.848 bits per heavy atom. The molecule has 5 rings (SSSR count). The molecule has 8 heteroatoms. The highest BCUT2D eigenvalue weighted by atomic mass is 35.5. The molecule has 0 unspecified atom stereocenters. The van der Waals surface area contributed by atoms with Crippen LogP contribution in [0, 0.1) is 0 Å². The lowest BCUT2D eigenvalue weighted by Crippen LogP contribution is -2.53. The number of hydrogen-bond acceptors (Lipinski definition) is 5. The van der Waals surface area contributed by atoms with E-state index in [0.717, 1.165) is 81.8 Å². The Kier molecular flexibility index (Phi) is 6.92. The second-order valence-corrected chi connectivity index (χ2v) is 9.47. The van der Waals surface area contributed by atoms with Gasteiger partial charge in [-0.2, -0.15) is 0 Å². The highest BCUT2D eigenvalue weighted by molar-refractivity contribution is 6.30. The molecular formula is C25H31ClN6O. The summed E-state index contributed by atoms with van der Waals surface area (Å²) in [5, 5.41) is 0.778. The summed E-state index contributed by atoms with van der Waals surface area (Å²) in [6.07, 6.45) is 4.14. The van der Waals surface area contributed by atoms with Crippen LogP contribution in [0.4, 0.5) is 0 Å². The minimum absolute atomic E-state index is 0.256. The van der Waals surface area contributed by atoms with E-state index in [4.69, 9.17) is 16.6 Å². The van der Waals surface area contributed by atoms with Gasteiger partial charge in [0.2, 0.25) is 5.91 Å². The molecule has 0 N–H and O–H groups in total. The number of piperazine rings is 2. The third-order valence-electron chi connectivity index (χ3n) is 6.64. The van der Waals surface area contributed by atoms with Crippen LogP contribution < -0.4 is 0 Å². The van der Waals surface area contributed by atoms with E-state index in [1.165, 1.54) is 5.56 Å². The SMILES string of the molecule is O=C(CN1CCN(Cc2cn3ccccc3n2)CC1)N1CCN(Cc2cccc(Cl)c2)CC1. The molecule has 2 aliphatic rings. The zero-order chi connectivity index (χ0) is 22.6. The van der Waals surface area contributed by atoms with Crippen LogP contribution in [0.1, 0.15) is 11.3 Å². The Morgan fingerprint density at radius 2 is 1.58 bits per heavy atom. The lowest BCUT2D eigenvalue weighted by molar-refractivity contribution is -0.134. The predicted octanol–water partition coefficient (Wildman–Crippen LogP) is 2.45. The van der Waals surface area contributed by atoms with E-state index in [2.05, 4.69) is 31.4 Å². The molecule has 2 aromatic heterocycles. The van der Waals surface area contributed by atoms with Gasteiger partial charge in [-0.1, -0.05) is 29.8 Å². The van der Waals surface area contributed by atoms with Crippen LogP contribution in [-0.2, 0) is 17.9 Å². The van der Waals surface area contributed by atoms with E-state index in [9.17, 15) is 4.79 Å².